The minimum absolute atomic E-state index is 0.0941. The third kappa shape index (κ3) is 4.07. The van der Waals surface area contributed by atoms with Gasteiger partial charge in [0, 0.05) is 11.6 Å². The van der Waals surface area contributed by atoms with Crippen LogP contribution in [0.3, 0.4) is 0 Å². The fourth-order valence-corrected chi connectivity index (χ4v) is 2.21. The third-order valence-electron chi connectivity index (χ3n) is 2.83. The highest BCUT2D eigenvalue weighted by Gasteiger charge is 2.14. The molecule has 0 aliphatic carbocycles. The molecule has 2 aromatic carbocycles. The van der Waals surface area contributed by atoms with Gasteiger partial charge in [0.05, 0.1) is 15.7 Å². The Kier molecular flexibility index (Phi) is 5.32. The van der Waals surface area contributed by atoms with E-state index in [-0.39, 0.29) is 26.9 Å². The maximum Gasteiger partial charge on any atom is 0.266 e. The van der Waals surface area contributed by atoms with Crippen molar-refractivity contribution in [2.24, 2.45) is 0 Å². The van der Waals surface area contributed by atoms with Gasteiger partial charge >= 0.3 is 0 Å². The standard InChI is InChI=1S/C16H8Cl2F2N2O/c17-12-2-1-3-13(18)15(12)22-16(23)10(8-21)6-9-4-5-11(19)7-14(9)20/h1-7H,(H,22,23)/b10-6+. The second kappa shape index (κ2) is 7.23. The lowest BCUT2D eigenvalue weighted by molar-refractivity contribution is -0.112. The molecule has 0 atom stereocenters. The minimum atomic E-state index is -0.888. The number of nitriles is 1. The number of benzene rings is 2. The highest BCUT2D eigenvalue weighted by molar-refractivity contribution is 6.40. The lowest BCUT2D eigenvalue weighted by atomic mass is 10.1. The Bertz CT molecular complexity index is 824. The molecule has 3 nitrogen and oxygen atoms in total. The van der Waals surface area contributed by atoms with Crippen LogP contribution in [0, 0.1) is 23.0 Å². The first-order chi connectivity index (χ1) is 10.9. The molecule has 0 saturated carbocycles. The Morgan fingerprint density at radius 1 is 1.17 bits per heavy atom. The molecular formula is C16H8Cl2F2N2O. The van der Waals surface area contributed by atoms with Crippen molar-refractivity contribution < 1.29 is 13.6 Å². The molecule has 0 heterocycles. The number of anilines is 1. The molecule has 0 radical (unpaired) electrons. The summed E-state index contributed by atoms with van der Waals surface area (Å²) in [6.45, 7) is 0. The van der Waals surface area contributed by atoms with Crippen LogP contribution in [0.15, 0.2) is 42.0 Å². The zero-order valence-electron chi connectivity index (χ0n) is 11.4. The number of nitrogens with one attached hydrogen (secondary N) is 1. The number of hydrogen-bond donors (Lipinski definition) is 1. The van der Waals surface area contributed by atoms with Gasteiger partial charge in [-0.05, 0) is 30.3 Å². The number of carbonyl (C=O) groups is 1. The van der Waals surface area contributed by atoms with Gasteiger partial charge in [-0.1, -0.05) is 29.3 Å². The van der Waals surface area contributed by atoms with Gasteiger partial charge in [0.1, 0.15) is 23.3 Å². The van der Waals surface area contributed by atoms with Gasteiger partial charge in [0.15, 0.2) is 0 Å². The lowest BCUT2D eigenvalue weighted by Crippen LogP contribution is -2.14. The van der Waals surface area contributed by atoms with Crippen molar-refractivity contribution in [2.45, 2.75) is 0 Å². The monoisotopic (exact) mass is 352 g/mol. The van der Waals surface area contributed by atoms with Crippen molar-refractivity contribution in [2.75, 3.05) is 5.32 Å². The molecule has 0 bridgehead atoms. The number of amides is 1. The Labute approximate surface area is 140 Å². The third-order valence-corrected chi connectivity index (χ3v) is 3.46. The molecular weight excluding hydrogens is 345 g/mol. The highest BCUT2D eigenvalue weighted by Crippen LogP contribution is 2.30. The minimum Gasteiger partial charge on any atom is -0.319 e. The molecule has 0 spiro atoms. The summed E-state index contributed by atoms with van der Waals surface area (Å²) in [5, 5.41) is 11.9. The second-order valence-electron chi connectivity index (χ2n) is 4.39. The van der Waals surface area contributed by atoms with Crippen LogP contribution >= 0.6 is 23.2 Å². The zero-order valence-corrected chi connectivity index (χ0v) is 12.9. The first-order valence-electron chi connectivity index (χ1n) is 6.24. The number of halogens is 4. The molecule has 0 saturated heterocycles. The normalized spacial score (nSPS) is 11.0. The average Bonchev–Trinajstić information content (AvgIpc) is 2.50. The van der Waals surface area contributed by atoms with Crippen LogP contribution < -0.4 is 5.32 Å². The number of hydrogen-bond acceptors (Lipinski definition) is 2. The van der Waals surface area contributed by atoms with Crippen molar-refractivity contribution in [1.82, 2.24) is 0 Å². The Morgan fingerprint density at radius 2 is 1.83 bits per heavy atom. The van der Waals surface area contributed by atoms with Gasteiger partial charge in [-0.25, -0.2) is 8.78 Å². The van der Waals surface area contributed by atoms with E-state index in [1.807, 2.05) is 0 Å². The predicted molar refractivity (Wildman–Crippen MR) is 85.0 cm³/mol. The highest BCUT2D eigenvalue weighted by atomic mass is 35.5. The molecule has 1 N–H and O–H groups in total. The van der Waals surface area contributed by atoms with Crippen molar-refractivity contribution in [3.63, 3.8) is 0 Å². The van der Waals surface area contributed by atoms with E-state index in [0.29, 0.717) is 6.07 Å². The topological polar surface area (TPSA) is 52.9 Å². The zero-order chi connectivity index (χ0) is 17.0. The van der Waals surface area contributed by atoms with Crippen LogP contribution in [-0.4, -0.2) is 5.91 Å². The predicted octanol–water partition coefficient (Wildman–Crippen LogP) is 4.82. The van der Waals surface area contributed by atoms with E-state index in [1.54, 1.807) is 12.1 Å². The van der Waals surface area contributed by atoms with Crippen LogP contribution in [0.1, 0.15) is 5.56 Å². The lowest BCUT2D eigenvalue weighted by Gasteiger charge is -2.08. The van der Waals surface area contributed by atoms with E-state index < -0.39 is 17.5 Å². The Balaban J connectivity index is 2.32. The van der Waals surface area contributed by atoms with Crippen molar-refractivity contribution in [3.05, 3.63) is 69.2 Å². The van der Waals surface area contributed by atoms with Crippen molar-refractivity contribution in [1.29, 1.82) is 5.26 Å². The van der Waals surface area contributed by atoms with E-state index in [1.165, 1.54) is 12.1 Å². The first kappa shape index (κ1) is 16.9. The summed E-state index contributed by atoms with van der Waals surface area (Å²) in [4.78, 5) is 12.1. The molecule has 116 valence electrons. The van der Waals surface area contributed by atoms with Gasteiger partial charge in [-0.2, -0.15) is 5.26 Å². The van der Waals surface area contributed by atoms with Gasteiger partial charge in [0.25, 0.3) is 5.91 Å². The maximum atomic E-state index is 13.6. The smallest absolute Gasteiger partial charge is 0.266 e. The van der Waals surface area contributed by atoms with Crippen LogP contribution in [0.5, 0.6) is 0 Å². The molecule has 0 aliphatic rings. The molecule has 0 aromatic heterocycles. The summed E-state index contributed by atoms with van der Waals surface area (Å²) < 4.78 is 26.5. The van der Waals surface area contributed by atoms with Gasteiger partial charge in [-0.3, -0.25) is 4.79 Å². The van der Waals surface area contributed by atoms with Gasteiger partial charge in [0.2, 0.25) is 0 Å². The number of rotatable bonds is 3. The fourth-order valence-electron chi connectivity index (χ4n) is 1.72. The van der Waals surface area contributed by atoms with E-state index >= 15 is 0 Å². The fraction of sp³-hybridized carbons (Fsp3) is 0. The number of carbonyl (C=O) groups excluding carboxylic acids is 1. The van der Waals surface area contributed by atoms with Crippen LogP contribution in [0.25, 0.3) is 6.08 Å². The first-order valence-corrected chi connectivity index (χ1v) is 7.00. The summed E-state index contributed by atoms with van der Waals surface area (Å²) in [5.41, 5.74) is -0.337. The molecule has 0 aliphatic heterocycles. The Hall–Kier alpha value is -2.42. The van der Waals surface area contributed by atoms with Crippen LogP contribution in [0.4, 0.5) is 14.5 Å². The van der Waals surface area contributed by atoms with E-state index in [9.17, 15) is 13.6 Å². The van der Waals surface area contributed by atoms with E-state index in [4.69, 9.17) is 28.5 Å². The molecule has 23 heavy (non-hydrogen) atoms. The van der Waals surface area contributed by atoms with Crippen LogP contribution in [-0.2, 0) is 4.79 Å². The molecule has 1 amide bonds. The largest absolute Gasteiger partial charge is 0.319 e. The molecule has 2 rings (SSSR count). The van der Waals surface area contributed by atoms with Crippen molar-refractivity contribution >= 4 is 40.9 Å². The van der Waals surface area contributed by atoms with Gasteiger partial charge in [-0.15, -0.1) is 0 Å². The summed E-state index contributed by atoms with van der Waals surface area (Å²) >= 11 is 11.8. The second-order valence-corrected chi connectivity index (χ2v) is 5.20. The van der Waals surface area contributed by atoms with Crippen molar-refractivity contribution in [3.8, 4) is 6.07 Å². The van der Waals surface area contributed by atoms with Crippen LogP contribution in [0.2, 0.25) is 10.0 Å². The van der Waals surface area contributed by atoms with Gasteiger partial charge < -0.3 is 5.32 Å². The molecule has 0 fully saturated rings. The molecule has 0 unspecified atom stereocenters. The average molecular weight is 353 g/mol. The molecule has 2 aromatic rings. The summed E-state index contributed by atoms with van der Waals surface area (Å²) in [7, 11) is 0. The molecule has 7 heteroatoms. The quantitative estimate of drug-likeness (QED) is 0.636. The SMILES string of the molecule is N#C/C(=C\c1ccc(F)cc1F)C(=O)Nc1c(Cl)cccc1Cl. The summed E-state index contributed by atoms with van der Waals surface area (Å²) in [6.07, 6.45) is 1.01. The van der Waals surface area contributed by atoms with E-state index in [2.05, 4.69) is 5.32 Å². The Morgan fingerprint density at radius 3 is 2.39 bits per heavy atom. The number of nitrogens with zero attached hydrogens (tertiary/aromatic N) is 1. The number of para-hydroxylation sites is 1. The maximum absolute atomic E-state index is 13.6. The van der Waals surface area contributed by atoms with E-state index in [0.717, 1.165) is 18.2 Å². The summed E-state index contributed by atoms with van der Waals surface area (Å²) in [6, 6.07) is 9.07. The summed E-state index contributed by atoms with van der Waals surface area (Å²) in [5.74, 6) is -2.46.